The van der Waals surface area contributed by atoms with E-state index in [1.54, 1.807) is 42.5 Å². The van der Waals surface area contributed by atoms with Crippen molar-refractivity contribution < 1.29 is 14.3 Å². The minimum atomic E-state index is -0.572. The fraction of sp³-hybridized carbons (Fsp3) is 0.0556. The average molecular weight is 407 g/mol. The highest BCUT2D eigenvalue weighted by Gasteiger charge is 2.34. The van der Waals surface area contributed by atoms with Gasteiger partial charge in [-0.05, 0) is 60.3 Å². The van der Waals surface area contributed by atoms with E-state index in [1.807, 2.05) is 0 Å². The van der Waals surface area contributed by atoms with E-state index in [0.29, 0.717) is 27.0 Å². The molecule has 8 heteroatoms. The van der Waals surface area contributed by atoms with Gasteiger partial charge in [-0.3, -0.25) is 19.8 Å². The topological polar surface area (TPSA) is 58.6 Å². The summed E-state index contributed by atoms with van der Waals surface area (Å²) in [6.07, 6.45) is 1.45. The predicted octanol–water partition coefficient (Wildman–Crippen LogP) is 3.83. The second-order valence-corrected chi connectivity index (χ2v) is 6.56. The molecule has 0 bridgehead atoms. The first-order valence-corrected chi connectivity index (χ1v) is 8.57. The van der Waals surface area contributed by atoms with Crippen molar-refractivity contribution >= 4 is 64.1 Å². The molecule has 132 valence electrons. The molecule has 5 nitrogen and oxygen atoms in total. The third-order valence-corrected chi connectivity index (χ3v) is 4.51. The van der Waals surface area contributed by atoms with Crippen molar-refractivity contribution in [1.29, 1.82) is 0 Å². The molecule has 1 aliphatic heterocycles. The number of anilines is 1. The van der Waals surface area contributed by atoms with E-state index >= 15 is 0 Å². The Hall–Kier alpha value is -2.41. The van der Waals surface area contributed by atoms with Crippen LogP contribution in [0.2, 0.25) is 10.0 Å². The first kappa shape index (κ1) is 18.4. The Morgan fingerprint density at radius 3 is 2.42 bits per heavy atom. The Morgan fingerprint density at radius 2 is 1.81 bits per heavy atom. The Kier molecular flexibility index (Phi) is 5.27. The molecular formula is C18H12Cl2N2O3S. The third kappa shape index (κ3) is 3.58. The molecule has 0 radical (unpaired) electrons. The van der Waals surface area contributed by atoms with Crippen molar-refractivity contribution in [1.82, 2.24) is 5.32 Å². The minimum absolute atomic E-state index is 0.00670. The van der Waals surface area contributed by atoms with Crippen LogP contribution in [0.1, 0.15) is 5.56 Å². The molecule has 26 heavy (non-hydrogen) atoms. The smallest absolute Gasteiger partial charge is 0.270 e. The summed E-state index contributed by atoms with van der Waals surface area (Å²) in [5.41, 5.74) is 1.02. The van der Waals surface area contributed by atoms with Crippen LogP contribution in [0, 0.1) is 0 Å². The van der Waals surface area contributed by atoms with Gasteiger partial charge in [-0.2, -0.15) is 0 Å². The standard InChI is InChI=1S/C18H12Cl2N2O3S/c1-25-15-7-2-10(9-14(15)20)8-13-16(23)21-18(26)22(17(13)24)12-5-3-11(19)4-6-12/h2-9H,1H3,(H,21,23,26)/b13-8-. The molecular weight excluding hydrogens is 395 g/mol. The Labute approximate surface area is 165 Å². The van der Waals surface area contributed by atoms with Crippen LogP contribution in [0.25, 0.3) is 6.08 Å². The van der Waals surface area contributed by atoms with E-state index in [4.69, 9.17) is 40.2 Å². The van der Waals surface area contributed by atoms with Gasteiger partial charge in [0.1, 0.15) is 11.3 Å². The predicted molar refractivity (Wildman–Crippen MR) is 106 cm³/mol. The van der Waals surface area contributed by atoms with Crippen LogP contribution >= 0.6 is 35.4 Å². The lowest BCUT2D eigenvalue weighted by atomic mass is 10.1. The van der Waals surface area contributed by atoms with Gasteiger partial charge in [-0.25, -0.2) is 0 Å². The van der Waals surface area contributed by atoms with E-state index in [2.05, 4.69) is 5.32 Å². The molecule has 0 unspecified atom stereocenters. The quantitative estimate of drug-likeness (QED) is 0.477. The van der Waals surface area contributed by atoms with Crippen LogP contribution in [-0.4, -0.2) is 24.0 Å². The van der Waals surface area contributed by atoms with Crippen LogP contribution in [0.4, 0.5) is 5.69 Å². The fourth-order valence-electron chi connectivity index (χ4n) is 2.42. The van der Waals surface area contributed by atoms with Gasteiger partial charge in [0.15, 0.2) is 5.11 Å². The van der Waals surface area contributed by atoms with E-state index in [9.17, 15) is 9.59 Å². The number of nitrogens with zero attached hydrogens (tertiary/aromatic N) is 1. The Morgan fingerprint density at radius 1 is 1.12 bits per heavy atom. The molecule has 1 aliphatic rings. The number of ether oxygens (including phenoxy) is 1. The third-order valence-electron chi connectivity index (χ3n) is 3.67. The van der Waals surface area contributed by atoms with Gasteiger partial charge in [0.25, 0.3) is 11.8 Å². The number of amides is 2. The second-order valence-electron chi connectivity index (χ2n) is 5.33. The van der Waals surface area contributed by atoms with Crippen molar-refractivity contribution in [2.24, 2.45) is 0 Å². The van der Waals surface area contributed by atoms with Crippen LogP contribution in [0.15, 0.2) is 48.0 Å². The van der Waals surface area contributed by atoms with Gasteiger partial charge in [0, 0.05) is 5.02 Å². The molecule has 1 fully saturated rings. The van der Waals surface area contributed by atoms with Gasteiger partial charge in [0.2, 0.25) is 0 Å². The zero-order chi connectivity index (χ0) is 18.8. The minimum Gasteiger partial charge on any atom is -0.495 e. The SMILES string of the molecule is COc1ccc(/C=C2/C(=O)NC(=S)N(c3ccc(Cl)cc3)C2=O)cc1Cl. The highest BCUT2D eigenvalue weighted by molar-refractivity contribution is 7.80. The maximum atomic E-state index is 12.9. The van der Waals surface area contributed by atoms with Gasteiger partial charge >= 0.3 is 0 Å². The van der Waals surface area contributed by atoms with E-state index in [-0.39, 0.29) is 10.7 Å². The summed E-state index contributed by atoms with van der Waals surface area (Å²) in [5.74, 6) is -0.609. The molecule has 1 saturated heterocycles. The summed E-state index contributed by atoms with van der Waals surface area (Å²) in [5, 5.41) is 3.42. The molecule has 3 rings (SSSR count). The van der Waals surface area contributed by atoms with Crippen LogP contribution < -0.4 is 15.0 Å². The number of carbonyl (C=O) groups is 2. The lowest BCUT2D eigenvalue weighted by Gasteiger charge is -2.29. The van der Waals surface area contributed by atoms with Crippen LogP contribution in [0.3, 0.4) is 0 Å². The van der Waals surface area contributed by atoms with E-state index in [1.165, 1.54) is 18.1 Å². The number of nitrogens with one attached hydrogen (secondary N) is 1. The number of benzene rings is 2. The molecule has 2 aromatic rings. The van der Waals surface area contributed by atoms with Crippen LogP contribution in [-0.2, 0) is 9.59 Å². The monoisotopic (exact) mass is 406 g/mol. The zero-order valence-electron chi connectivity index (χ0n) is 13.5. The van der Waals surface area contributed by atoms with Gasteiger partial charge in [0.05, 0.1) is 17.8 Å². The summed E-state index contributed by atoms with van der Waals surface area (Å²) in [7, 11) is 1.50. The molecule has 0 spiro atoms. The highest BCUT2D eigenvalue weighted by atomic mass is 35.5. The zero-order valence-corrected chi connectivity index (χ0v) is 15.8. The number of methoxy groups -OCH3 is 1. The number of hydrogen-bond acceptors (Lipinski definition) is 4. The number of thiocarbonyl (C=S) groups is 1. The van der Waals surface area contributed by atoms with E-state index < -0.39 is 11.8 Å². The Bertz CT molecular complexity index is 942. The highest BCUT2D eigenvalue weighted by Crippen LogP contribution is 2.27. The first-order valence-electron chi connectivity index (χ1n) is 7.41. The second kappa shape index (κ2) is 7.45. The summed E-state index contributed by atoms with van der Waals surface area (Å²) in [6, 6.07) is 11.5. The summed E-state index contributed by atoms with van der Waals surface area (Å²) in [6.45, 7) is 0. The lowest BCUT2D eigenvalue weighted by molar-refractivity contribution is -0.122. The first-order chi connectivity index (χ1) is 12.4. The van der Waals surface area contributed by atoms with Crippen molar-refractivity contribution in [3.63, 3.8) is 0 Å². The van der Waals surface area contributed by atoms with Crippen LogP contribution in [0.5, 0.6) is 5.75 Å². The summed E-state index contributed by atoms with van der Waals surface area (Å²) in [4.78, 5) is 26.4. The molecule has 0 aromatic heterocycles. The molecule has 2 aromatic carbocycles. The largest absolute Gasteiger partial charge is 0.495 e. The average Bonchev–Trinajstić information content (AvgIpc) is 2.60. The van der Waals surface area contributed by atoms with Gasteiger partial charge in [-0.15, -0.1) is 0 Å². The molecule has 0 saturated carbocycles. The summed E-state index contributed by atoms with van der Waals surface area (Å²) >= 11 is 17.1. The summed E-state index contributed by atoms with van der Waals surface area (Å²) < 4.78 is 5.10. The lowest BCUT2D eigenvalue weighted by Crippen LogP contribution is -2.54. The number of hydrogen-bond donors (Lipinski definition) is 1. The van der Waals surface area contributed by atoms with E-state index in [0.717, 1.165) is 0 Å². The maximum absolute atomic E-state index is 12.9. The molecule has 0 atom stereocenters. The number of carbonyl (C=O) groups excluding carboxylic acids is 2. The van der Waals surface area contributed by atoms with Crippen molar-refractivity contribution in [2.75, 3.05) is 12.0 Å². The Balaban J connectivity index is 1.99. The van der Waals surface area contributed by atoms with Crippen molar-refractivity contribution in [3.05, 3.63) is 63.6 Å². The molecule has 0 aliphatic carbocycles. The normalized spacial score (nSPS) is 16.0. The molecule has 1 heterocycles. The molecule has 1 N–H and O–H groups in total. The van der Waals surface area contributed by atoms with Crippen molar-refractivity contribution in [2.45, 2.75) is 0 Å². The van der Waals surface area contributed by atoms with Crippen molar-refractivity contribution in [3.8, 4) is 5.75 Å². The van der Waals surface area contributed by atoms with Gasteiger partial charge in [-0.1, -0.05) is 29.3 Å². The van der Waals surface area contributed by atoms with Gasteiger partial charge < -0.3 is 4.74 Å². The fourth-order valence-corrected chi connectivity index (χ4v) is 3.09. The number of rotatable bonds is 3. The molecule has 2 amide bonds. The number of halogens is 2. The maximum Gasteiger partial charge on any atom is 0.270 e.